The highest BCUT2D eigenvalue weighted by atomic mass is 32.2. The Morgan fingerprint density at radius 3 is 2.16 bits per heavy atom. The van der Waals surface area contributed by atoms with E-state index in [1.807, 2.05) is 72.8 Å². The van der Waals surface area contributed by atoms with Gasteiger partial charge >= 0.3 is 0 Å². The lowest BCUT2D eigenvalue weighted by atomic mass is 10.0. The number of aliphatic hydroxyl groups is 1. The first-order valence-corrected chi connectivity index (χ1v) is 15.1. The molecule has 0 spiro atoms. The molecule has 10 nitrogen and oxygen atoms in total. The minimum atomic E-state index is -0.592. The molecular weight excluding hydrogens is 570 g/mol. The molecule has 0 bridgehead atoms. The van der Waals surface area contributed by atoms with Crippen LogP contribution in [-0.4, -0.2) is 39.9 Å². The van der Waals surface area contributed by atoms with Crippen molar-refractivity contribution in [2.24, 2.45) is 0 Å². The van der Waals surface area contributed by atoms with Gasteiger partial charge in [-0.25, -0.2) is 5.48 Å². The number of anilines is 1. The van der Waals surface area contributed by atoms with Crippen molar-refractivity contribution in [2.75, 3.05) is 11.1 Å². The Morgan fingerprint density at radius 1 is 0.860 bits per heavy atom. The Bertz CT molecular complexity index is 1350. The van der Waals surface area contributed by atoms with Gasteiger partial charge in [0.15, 0.2) is 6.29 Å². The standard InChI is InChI=1S/C32H37N3O7S/c1-21(37)34-26-13-15-28(16-14-26)43-20-27-17-29(24-9-7-23(19-36)8-10-24)42-32(41-27)25-11-5-22(6-12-25)18-33-30(38)3-2-4-31(39)35-40/h5-16,27,29,32,36,40H,2-4,17-20H2,1H3,(H,33,38)(H,34,37)(H,35,39)/t27-,29+,32+/m1/s1. The lowest BCUT2D eigenvalue weighted by Crippen LogP contribution is -2.31. The van der Waals surface area contributed by atoms with Crippen LogP contribution in [0.1, 0.15) is 67.3 Å². The summed E-state index contributed by atoms with van der Waals surface area (Å²) in [6.45, 7) is 1.80. The molecule has 228 valence electrons. The molecule has 5 N–H and O–H groups in total. The van der Waals surface area contributed by atoms with Gasteiger partial charge in [-0.3, -0.25) is 19.6 Å². The molecule has 1 aliphatic heterocycles. The van der Waals surface area contributed by atoms with Gasteiger partial charge in [-0.05, 0) is 47.4 Å². The van der Waals surface area contributed by atoms with Crippen LogP contribution in [0.2, 0.25) is 0 Å². The first kappa shape index (κ1) is 32.2. The van der Waals surface area contributed by atoms with Crippen molar-refractivity contribution >= 4 is 35.2 Å². The van der Waals surface area contributed by atoms with E-state index in [-0.39, 0.29) is 43.5 Å². The maximum Gasteiger partial charge on any atom is 0.243 e. The van der Waals surface area contributed by atoms with Crippen molar-refractivity contribution in [3.8, 4) is 0 Å². The zero-order valence-electron chi connectivity index (χ0n) is 24.0. The van der Waals surface area contributed by atoms with E-state index in [0.717, 1.165) is 32.8 Å². The molecule has 1 heterocycles. The van der Waals surface area contributed by atoms with E-state index < -0.39 is 12.2 Å². The zero-order valence-corrected chi connectivity index (χ0v) is 24.8. The highest BCUT2D eigenvalue weighted by molar-refractivity contribution is 7.99. The summed E-state index contributed by atoms with van der Waals surface area (Å²) in [5.74, 6) is -0.0961. The van der Waals surface area contributed by atoms with Gasteiger partial charge in [0.25, 0.3) is 0 Å². The predicted molar refractivity (Wildman–Crippen MR) is 162 cm³/mol. The highest BCUT2D eigenvalue weighted by Gasteiger charge is 2.32. The van der Waals surface area contributed by atoms with E-state index in [1.165, 1.54) is 6.92 Å². The monoisotopic (exact) mass is 607 g/mol. The number of hydroxylamine groups is 1. The summed E-state index contributed by atoms with van der Waals surface area (Å²) in [7, 11) is 0. The molecule has 43 heavy (non-hydrogen) atoms. The van der Waals surface area contributed by atoms with Gasteiger partial charge in [-0.2, -0.15) is 0 Å². The lowest BCUT2D eigenvalue weighted by Gasteiger charge is -2.36. The van der Waals surface area contributed by atoms with E-state index in [1.54, 1.807) is 17.2 Å². The molecular formula is C32H37N3O7S. The van der Waals surface area contributed by atoms with Crippen LogP contribution in [0.25, 0.3) is 0 Å². The summed E-state index contributed by atoms with van der Waals surface area (Å²) in [5.41, 5.74) is 5.92. The fourth-order valence-corrected chi connectivity index (χ4v) is 5.52. The van der Waals surface area contributed by atoms with E-state index in [2.05, 4.69) is 10.6 Å². The fraction of sp³-hybridized carbons (Fsp3) is 0.344. The molecule has 0 saturated carbocycles. The molecule has 0 radical (unpaired) electrons. The first-order valence-electron chi connectivity index (χ1n) is 14.1. The molecule has 3 atom stereocenters. The summed E-state index contributed by atoms with van der Waals surface area (Å²) in [4.78, 5) is 35.6. The maximum atomic E-state index is 12.1. The minimum Gasteiger partial charge on any atom is -0.392 e. The largest absolute Gasteiger partial charge is 0.392 e. The van der Waals surface area contributed by atoms with Crippen molar-refractivity contribution in [1.82, 2.24) is 10.8 Å². The molecule has 0 aliphatic carbocycles. The Balaban J connectivity index is 1.39. The van der Waals surface area contributed by atoms with Gasteiger partial charge < -0.3 is 25.2 Å². The second-order valence-electron chi connectivity index (χ2n) is 10.3. The average molecular weight is 608 g/mol. The van der Waals surface area contributed by atoms with E-state index in [4.69, 9.17) is 14.7 Å². The number of carbonyl (C=O) groups excluding carboxylic acids is 3. The summed E-state index contributed by atoms with van der Waals surface area (Å²) in [6, 6.07) is 23.1. The topological polar surface area (TPSA) is 146 Å². The Hall–Kier alpha value is -3.74. The third kappa shape index (κ3) is 10.2. The van der Waals surface area contributed by atoms with Crippen molar-refractivity contribution < 1.29 is 34.2 Å². The second-order valence-corrected chi connectivity index (χ2v) is 11.4. The van der Waals surface area contributed by atoms with Crippen molar-refractivity contribution in [3.63, 3.8) is 0 Å². The summed E-state index contributed by atoms with van der Waals surface area (Å²) in [6.07, 6.45) is 0.380. The van der Waals surface area contributed by atoms with Gasteiger partial charge in [0, 0.05) is 54.6 Å². The molecule has 1 aliphatic rings. The summed E-state index contributed by atoms with van der Waals surface area (Å²) >= 11 is 1.67. The first-order chi connectivity index (χ1) is 20.8. The molecule has 1 saturated heterocycles. The molecule has 1 fully saturated rings. The summed E-state index contributed by atoms with van der Waals surface area (Å²) < 4.78 is 12.8. The Labute approximate surface area is 255 Å². The maximum absolute atomic E-state index is 12.1. The van der Waals surface area contributed by atoms with E-state index in [9.17, 15) is 19.5 Å². The number of aliphatic hydroxyl groups excluding tert-OH is 1. The van der Waals surface area contributed by atoms with Crippen LogP contribution in [0.4, 0.5) is 5.69 Å². The Morgan fingerprint density at radius 2 is 1.51 bits per heavy atom. The molecule has 0 unspecified atom stereocenters. The third-order valence-corrected chi connectivity index (χ3v) is 8.04. The molecule has 4 rings (SSSR count). The predicted octanol–water partition coefficient (Wildman–Crippen LogP) is 4.77. The van der Waals surface area contributed by atoms with Crippen LogP contribution >= 0.6 is 11.8 Å². The van der Waals surface area contributed by atoms with E-state index in [0.29, 0.717) is 25.1 Å². The van der Waals surface area contributed by atoms with Crippen LogP contribution in [0.15, 0.2) is 77.7 Å². The number of carbonyl (C=O) groups is 3. The molecule has 0 aromatic heterocycles. The zero-order chi connectivity index (χ0) is 30.6. The SMILES string of the molecule is CC(=O)Nc1ccc(SC[C@H]2C[C@@H](c3ccc(CO)cc3)O[C@@H](c3ccc(CNC(=O)CCCC(=O)NO)cc3)O2)cc1. The van der Waals surface area contributed by atoms with Gasteiger partial charge in [0.1, 0.15) is 0 Å². The van der Waals surface area contributed by atoms with E-state index >= 15 is 0 Å². The molecule has 11 heteroatoms. The van der Waals surface area contributed by atoms with Crippen molar-refractivity contribution in [1.29, 1.82) is 0 Å². The van der Waals surface area contributed by atoms with Crippen LogP contribution in [0.5, 0.6) is 0 Å². The van der Waals surface area contributed by atoms with Gasteiger partial charge in [0.2, 0.25) is 17.7 Å². The smallest absolute Gasteiger partial charge is 0.243 e. The minimum absolute atomic E-state index is 0.0226. The molecule has 3 amide bonds. The number of rotatable bonds is 13. The van der Waals surface area contributed by atoms with Gasteiger partial charge in [0.05, 0.1) is 18.8 Å². The molecule has 3 aromatic carbocycles. The lowest BCUT2D eigenvalue weighted by molar-refractivity contribution is -0.245. The summed E-state index contributed by atoms with van der Waals surface area (Å²) in [5, 5.41) is 23.6. The van der Waals surface area contributed by atoms with Crippen LogP contribution in [0.3, 0.4) is 0 Å². The van der Waals surface area contributed by atoms with Crippen molar-refractivity contribution in [3.05, 3.63) is 95.1 Å². The number of hydrogen-bond acceptors (Lipinski definition) is 8. The third-order valence-electron chi connectivity index (χ3n) is 6.90. The number of benzene rings is 3. The van der Waals surface area contributed by atoms with Crippen LogP contribution in [-0.2, 0) is 37.0 Å². The number of amides is 3. The van der Waals surface area contributed by atoms with Crippen LogP contribution in [0, 0.1) is 0 Å². The number of hydrogen-bond donors (Lipinski definition) is 5. The highest BCUT2D eigenvalue weighted by Crippen LogP contribution is 2.39. The van der Waals surface area contributed by atoms with Crippen molar-refractivity contribution in [2.45, 2.75) is 69.2 Å². The number of ether oxygens (including phenoxy) is 2. The number of thioether (sulfide) groups is 1. The van der Waals surface area contributed by atoms with Gasteiger partial charge in [-0.1, -0.05) is 48.5 Å². The van der Waals surface area contributed by atoms with Gasteiger partial charge in [-0.15, -0.1) is 11.8 Å². The normalized spacial score (nSPS) is 18.1. The quantitative estimate of drug-likeness (QED) is 0.106. The average Bonchev–Trinajstić information content (AvgIpc) is 3.03. The molecule has 3 aromatic rings. The second kappa shape index (κ2) is 16.2. The fourth-order valence-electron chi connectivity index (χ4n) is 4.60. The number of nitrogens with one attached hydrogen (secondary N) is 3. The Kier molecular flexibility index (Phi) is 12.1. The van der Waals surface area contributed by atoms with Crippen LogP contribution < -0.4 is 16.1 Å².